The van der Waals surface area contributed by atoms with E-state index in [1.165, 1.54) is 12.1 Å². The molecule has 4 fully saturated rings. The highest BCUT2D eigenvalue weighted by molar-refractivity contribution is 5.95. The maximum absolute atomic E-state index is 13.9. The lowest BCUT2D eigenvalue weighted by molar-refractivity contribution is -0.181. The van der Waals surface area contributed by atoms with Crippen LogP contribution in [0.5, 0.6) is 0 Å². The van der Waals surface area contributed by atoms with Gasteiger partial charge in [-0.1, -0.05) is 0 Å². The molecule has 2 bridgehead atoms. The van der Waals surface area contributed by atoms with E-state index in [4.69, 9.17) is 15.5 Å². The van der Waals surface area contributed by atoms with Crippen molar-refractivity contribution in [3.05, 3.63) is 72.2 Å². The van der Waals surface area contributed by atoms with Gasteiger partial charge in [-0.15, -0.1) is 0 Å². The third-order valence-corrected chi connectivity index (χ3v) is 9.93. The zero-order chi connectivity index (χ0) is 33.6. The summed E-state index contributed by atoms with van der Waals surface area (Å²) in [6.45, 7) is 10.4. The second kappa shape index (κ2) is 10.5. The average molecular weight is 652 g/mol. The molecule has 12 nitrogen and oxygen atoms in total. The quantitative estimate of drug-likeness (QED) is 0.279. The van der Waals surface area contributed by atoms with Crippen molar-refractivity contribution in [2.45, 2.75) is 63.6 Å². The Kier molecular flexibility index (Phi) is 6.62. The predicted octanol–water partition coefficient (Wildman–Crippen LogP) is 4.70. The van der Waals surface area contributed by atoms with Crippen LogP contribution < -0.4 is 11.1 Å². The fourth-order valence-electron chi connectivity index (χ4n) is 7.70. The van der Waals surface area contributed by atoms with Gasteiger partial charge in [0.25, 0.3) is 5.91 Å². The van der Waals surface area contributed by atoms with E-state index >= 15 is 0 Å². The molecule has 13 heteroatoms. The number of pyridine rings is 1. The highest BCUT2D eigenvalue weighted by atomic mass is 19.1. The molecule has 4 aromatic heterocycles. The Bertz CT molecular complexity index is 2090. The van der Waals surface area contributed by atoms with Crippen LogP contribution in [-0.4, -0.2) is 88.4 Å². The Hall–Kier alpha value is -5.04. The van der Waals surface area contributed by atoms with E-state index in [2.05, 4.69) is 20.2 Å². The van der Waals surface area contributed by atoms with Crippen LogP contribution in [0.25, 0.3) is 33.8 Å². The number of carbonyl (C=O) groups is 2. The van der Waals surface area contributed by atoms with E-state index in [0.717, 1.165) is 49.3 Å². The number of imidazole rings is 2. The smallest absolute Gasteiger partial charge is 0.410 e. The summed E-state index contributed by atoms with van der Waals surface area (Å²) in [6, 6.07) is 9.95. The van der Waals surface area contributed by atoms with Crippen LogP contribution in [0, 0.1) is 12.7 Å². The number of nitrogens with zero attached hydrogens (tertiary/aromatic N) is 7. The van der Waals surface area contributed by atoms with Crippen molar-refractivity contribution >= 4 is 29.1 Å². The molecule has 1 saturated heterocycles. The molecule has 5 heterocycles. The first-order valence-electron chi connectivity index (χ1n) is 16.3. The summed E-state index contributed by atoms with van der Waals surface area (Å²) >= 11 is 0. The van der Waals surface area contributed by atoms with E-state index < -0.39 is 5.60 Å². The summed E-state index contributed by atoms with van der Waals surface area (Å²) in [5.74, 6) is -0.465. The number of amides is 2. The maximum Gasteiger partial charge on any atom is 0.410 e. The minimum absolute atomic E-state index is 0.0574. The van der Waals surface area contributed by atoms with Crippen LogP contribution in [0.2, 0.25) is 0 Å². The van der Waals surface area contributed by atoms with Crippen LogP contribution in [0.15, 0.2) is 55.0 Å². The van der Waals surface area contributed by atoms with Crippen molar-refractivity contribution in [2.75, 3.05) is 31.9 Å². The van der Waals surface area contributed by atoms with E-state index in [1.54, 1.807) is 33.8 Å². The minimum Gasteiger partial charge on any atom is -0.444 e. The predicted molar refractivity (Wildman–Crippen MR) is 178 cm³/mol. The molecular weight excluding hydrogens is 613 g/mol. The molecule has 0 unspecified atom stereocenters. The Morgan fingerprint density at radius 3 is 2.31 bits per heavy atom. The molecule has 3 aliphatic carbocycles. The van der Waals surface area contributed by atoms with Crippen molar-refractivity contribution in [1.82, 2.24) is 38.9 Å². The van der Waals surface area contributed by atoms with E-state index in [-0.39, 0.29) is 40.4 Å². The van der Waals surface area contributed by atoms with Crippen molar-refractivity contribution in [3.8, 4) is 22.5 Å². The van der Waals surface area contributed by atoms with Crippen LogP contribution in [0.3, 0.4) is 0 Å². The van der Waals surface area contributed by atoms with Gasteiger partial charge in [0.05, 0.1) is 11.4 Å². The minimum atomic E-state index is -0.518. The van der Waals surface area contributed by atoms with Crippen molar-refractivity contribution in [1.29, 1.82) is 0 Å². The van der Waals surface area contributed by atoms with Gasteiger partial charge in [-0.2, -0.15) is 0 Å². The molecule has 48 heavy (non-hydrogen) atoms. The number of nitrogen functional groups attached to an aromatic ring is 1. The number of anilines is 1. The number of hydrogen-bond acceptors (Lipinski definition) is 8. The molecule has 5 aromatic rings. The number of aryl methyl sites for hydroxylation is 1. The number of rotatable bonds is 5. The molecule has 9 rings (SSSR count). The zero-order valence-corrected chi connectivity index (χ0v) is 27.5. The number of carbonyl (C=O) groups excluding carboxylic acids is 2. The summed E-state index contributed by atoms with van der Waals surface area (Å²) in [4.78, 5) is 44.3. The second-order valence-electron chi connectivity index (χ2n) is 14.5. The van der Waals surface area contributed by atoms with E-state index in [1.807, 2.05) is 50.4 Å². The van der Waals surface area contributed by atoms with E-state index in [0.29, 0.717) is 35.7 Å². The SMILES string of the molecule is Cc1cnc2ccc(-c3c(-c4ccc(F)cc4)nc(N)c4nc(C(=O)NC56CC(N7CCN(C(=O)OC(C)(C)C)CC7)(C5)C6)cn34)cn12. The Balaban J connectivity index is 1.04. The topological polar surface area (TPSA) is 135 Å². The van der Waals surface area contributed by atoms with Crippen LogP contribution in [-0.2, 0) is 4.74 Å². The molecule has 248 valence electrons. The monoisotopic (exact) mass is 651 g/mol. The molecular formula is C35H38FN9O3. The number of piperazine rings is 1. The number of fused-ring (bicyclic) bond motifs is 2. The molecule has 0 radical (unpaired) electrons. The standard InChI is InChI=1S/C35H38FN9O3/c1-21-15-38-26-10-7-23(16-44(21)26)28-27(22-5-8-24(36)9-6-22)40-29(37)30-39-25(17-45(28)30)31(46)41-34-18-35(19-34,20-34)43-13-11-42(12-14-43)32(47)48-33(2,3)4/h5-10,15-17H,11-14,18-20H2,1-4H3,(H2,37,40)(H,41,46). The molecule has 2 amide bonds. The van der Waals surface area contributed by atoms with Crippen LogP contribution >= 0.6 is 0 Å². The highest BCUT2D eigenvalue weighted by Gasteiger charge is 2.71. The third kappa shape index (κ3) is 4.95. The molecule has 1 aliphatic heterocycles. The van der Waals surface area contributed by atoms with Gasteiger partial charge in [-0.05, 0) is 83.4 Å². The number of benzene rings is 1. The zero-order valence-electron chi connectivity index (χ0n) is 27.5. The first kappa shape index (κ1) is 30.3. The lowest BCUT2D eigenvalue weighted by Crippen LogP contribution is -2.84. The number of halogens is 1. The largest absolute Gasteiger partial charge is 0.444 e. The lowest BCUT2D eigenvalue weighted by Gasteiger charge is -2.74. The Morgan fingerprint density at radius 1 is 0.938 bits per heavy atom. The first-order chi connectivity index (χ1) is 22.8. The molecule has 1 aromatic carbocycles. The van der Waals surface area contributed by atoms with Gasteiger partial charge in [0.15, 0.2) is 11.5 Å². The Labute approximate surface area is 276 Å². The molecule has 0 atom stereocenters. The van der Waals surface area contributed by atoms with Crippen LogP contribution in [0.1, 0.15) is 56.2 Å². The summed E-state index contributed by atoms with van der Waals surface area (Å²) in [5, 5.41) is 3.27. The number of aromatic nitrogens is 5. The van der Waals surface area contributed by atoms with Gasteiger partial charge < -0.3 is 25.1 Å². The van der Waals surface area contributed by atoms with Crippen molar-refractivity contribution < 1.29 is 18.7 Å². The fraction of sp³-hybridized carbons (Fsp3) is 0.400. The highest BCUT2D eigenvalue weighted by Crippen LogP contribution is 2.63. The molecule has 0 spiro atoms. The lowest BCUT2D eigenvalue weighted by atomic mass is 9.43. The first-order valence-corrected chi connectivity index (χ1v) is 16.3. The number of ether oxygens (including phenoxy) is 1. The molecule has 3 saturated carbocycles. The fourth-order valence-corrected chi connectivity index (χ4v) is 7.70. The van der Waals surface area contributed by atoms with Crippen molar-refractivity contribution in [2.24, 2.45) is 0 Å². The summed E-state index contributed by atoms with van der Waals surface area (Å²) in [7, 11) is 0. The summed E-state index contributed by atoms with van der Waals surface area (Å²) in [5.41, 5.74) is 10.8. The van der Waals surface area contributed by atoms with Gasteiger partial charge in [0.1, 0.15) is 22.8 Å². The van der Waals surface area contributed by atoms with Crippen molar-refractivity contribution in [3.63, 3.8) is 0 Å². The normalized spacial score (nSPS) is 22.4. The molecule has 4 aliphatic rings. The number of nitrogens with one attached hydrogen (secondary N) is 1. The third-order valence-electron chi connectivity index (χ3n) is 9.93. The van der Waals surface area contributed by atoms with E-state index in [9.17, 15) is 14.0 Å². The van der Waals surface area contributed by atoms with Gasteiger partial charge >= 0.3 is 6.09 Å². The van der Waals surface area contributed by atoms with Gasteiger partial charge in [0.2, 0.25) is 0 Å². The maximum atomic E-state index is 13.9. The number of hydrogen-bond donors (Lipinski definition) is 2. The summed E-state index contributed by atoms with van der Waals surface area (Å²) < 4.78 is 23.2. The van der Waals surface area contributed by atoms with Gasteiger partial charge in [-0.3, -0.25) is 14.1 Å². The van der Waals surface area contributed by atoms with Gasteiger partial charge in [-0.25, -0.2) is 24.1 Å². The average Bonchev–Trinajstić information content (AvgIpc) is 3.62. The second-order valence-corrected chi connectivity index (χ2v) is 14.5. The molecule has 3 N–H and O–H groups in total. The Morgan fingerprint density at radius 2 is 1.62 bits per heavy atom. The summed E-state index contributed by atoms with van der Waals surface area (Å²) in [6.07, 6.45) is 7.78. The number of nitrogens with two attached hydrogens (primary N) is 1. The van der Waals surface area contributed by atoms with Crippen LogP contribution in [0.4, 0.5) is 15.0 Å². The van der Waals surface area contributed by atoms with Gasteiger partial charge in [0, 0.05) is 72.7 Å².